The lowest BCUT2D eigenvalue weighted by Crippen LogP contribution is -2.39. The third-order valence-electron chi connectivity index (χ3n) is 5.13. The van der Waals surface area contributed by atoms with Crippen molar-refractivity contribution < 1.29 is 4.42 Å². The molecule has 144 valence electrons. The van der Waals surface area contributed by atoms with Crippen molar-refractivity contribution in [3.63, 3.8) is 0 Å². The van der Waals surface area contributed by atoms with Gasteiger partial charge >= 0.3 is 5.63 Å². The molecular formula is C23H23BrN2O2. The Kier molecular flexibility index (Phi) is 5.93. The average Bonchev–Trinajstić information content (AvgIpc) is 2.71. The zero-order valence-electron chi connectivity index (χ0n) is 15.6. The van der Waals surface area contributed by atoms with E-state index in [0.717, 1.165) is 48.0 Å². The van der Waals surface area contributed by atoms with Crippen LogP contribution in [0, 0.1) is 0 Å². The Morgan fingerprint density at radius 3 is 2.68 bits per heavy atom. The first-order valence-corrected chi connectivity index (χ1v) is 10.4. The van der Waals surface area contributed by atoms with Gasteiger partial charge in [0.05, 0.1) is 5.69 Å². The van der Waals surface area contributed by atoms with Gasteiger partial charge in [-0.05, 0) is 36.6 Å². The maximum absolute atomic E-state index is 11.9. The minimum Gasteiger partial charge on any atom is -0.423 e. The first kappa shape index (κ1) is 19.0. The molecule has 0 spiro atoms. The number of rotatable bonds is 5. The second-order valence-electron chi connectivity index (χ2n) is 7.15. The molecule has 1 saturated heterocycles. The molecule has 0 radical (unpaired) electrons. The molecule has 5 heteroatoms. The first-order chi connectivity index (χ1) is 13.7. The number of nitrogens with one attached hydrogen (secondary N) is 1. The summed E-state index contributed by atoms with van der Waals surface area (Å²) in [6, 6.07) is 18.0. The number of benzene rings is 2. The second kappa shape index (κ2) is 8.76. The van der Waals surface area contributed by atoms with Crippen LogP contribution in [0.25, 0.3) is 17.0 Å². The Morgan fingerprint density at radius 1 is 1.11 bits per heavy atom. The third kappa shape index (κ3) is 4.72. The molecule has 0 aliphatic carbocycles. The van der Waals surface area contributed by atoms with Gasteiger partial charge in [-0.25, -0.2) is 4.79 Å². The average molecular weight is 439 g/mol. The van der Waals surface area contributed by atoms with Gasteiger partial charge in [-0.2, -0.15) is 0 Å². The van der Waals surface area contributed by atoms with E-state index < -0.39 is 0 Å². The summed E-state index contributed by atoms with van der Waals surface area (Å²) >= 11 is 3.50. The zero-order valence-corrected chi connectivity index (χ0v) is 17.2. The lowest BCUT2D eigenvalue weighted by Gasteiger charge is -2.32. The Morgan fingerprint density at radius 2 is 1.89 bits per heavy atom. The molecule has 0 saturated carbocycles. The number of anilines is 1. The summed E-state index contributed by atoms with van der Waals surface area (Å²) in [5.74, 6) is 0. The number of hydrogen-bond acceptors (Lipinski definition) is 4. The molecule has 0 atom stereocenters. The predicted octanol–water partition coefficient (Wildman–Crippen LogP) is 5.15. The largest absolute Gasteiger partial charge is 0.423 e. The van der Waals surface area contributed by atoms with Gasteiger partial charge in [0.2, 0.25) is 0 Å². The summed E-state index contributed by atoms with van der Waals surface area (Å²) in [6.07, 6.45) is 6.51. The van der Waals surface area contributed by atoms with Crippen molar-refractivity contribution in [2.45, 2.75) is 18.9 Å². The molecule has 2 heterocycles. The highest BCUT2D eigenvalue weighted by Gasteiger charge is 2.19. The van der Waals surface area contributed by atoms with Crippen molar-refractivity contribution in [2.24, 2.45) is 0 Å². The number of piperidine rings is 1. The summed E-state index contributed by atoms with van der Waals surface area (Å²) in [5, 5.41) is 4.50. The molecule has 28 heavy (non-hydrogen) atoms. The van der Waals surface area contributed by atoms with Crippen LogP contribution in [-0.2, 0) is 0 Å². The van der Waals surface area contributed by atoms with Gasteiger partial charge in [0.1, 0.15) is 5.58 Å². The van der Waals surface area contributed by atoms with E-state index in [9.17, 15) is 4.79 Å². The Bertz CT molecular complexity index is 1020. The molecule has 0 bridgehead atoms. The van der Waals surface area contributed by atoms with Crippen LogP contribution < -0.4 is 10.9 Å². The lowest BCUT2D eigenvalue weighted by molar-refractivity contribution is 0.240. The summed E-state index contributed by atoms with van der Waals surface area (Å²) in [4.78, 5) is 14.3. The van der Waals surface area contributed by atoms with E-state index in [1.54, 1.807) is 6.07 Å². The number of fused-ring (bicyclic) bond motifs is 1. The summed E-state index contributed by atoms with van der Waals surface area (Å²) in [6.45, 7) is 3.05. The quantitative estimate of drug-likeness (QED) is 0.559. The molecular weight excluding hydrogens is 416 g/mol. The van der Waals surface area contributed by atoms with Crippen LogP contribution in [0.4, 0.5) is 5.69 Å². The zero-order chi connectivity index (χ0) is 19.3. The predicted molar refractivity (Wildman–Crippen MR) is 119 cm³/mol. The maximum Gasteiger partial charge on any atom is 0.338 e. The van der Waals surface area contributed by atoms with Gasteiger partial charge < -0.3 is 9.73 Å². The van der Waals surface area contributed by atoms with E-state index in [2.05, 4.69) is 62.6 Å². The van der Waals surface area contributed by atoms with Crippen molar-refractivity contribution in [3.05, 3.63) is 81.1 Å². The molecule has 1 fully saturated rings. The maximum atomic E-state index is 11.9. The van der Waals surface area contributed by atoms with Crippen molar-refractivity contribution in [1.82, 2.24) is 4.90 Å². The van der Waals surface area contributed by atoms with Crippen LogP contribution in [0.2, 0.25) is 0 Å². The van der Waals surface area contributed by atoms with Crippen molar-refractivity contribution in [3.8, 4) is 0 Å². The van der Waals surface area contributed by atoms with E-state index in [1.807, 2.05) is 24.3 Å². The summed E-state index contributed by atoms with van der Waals surface area (Å²) < 4.78 is 6.28. The van der Waals surface area contributed by atoms with Crippen LogP contribution in [-0.4, -0.2) is 30.6 Å². The van der Waals surface area contributed by atoms with Crippen LogP contribution in [0.3, 0.4) is 0 Å². The van der Waals surface area contributed by atoms with E-state index in [4.69, 9.17) is 4.42 Å². The van der Waals surface area contributed by atoms with Crippen LogP contribution >= 0.6 is 15.9 Å². The Balaban J connectivity index is 1.36. The number of hydrogen-bond donors (Lipinski definition) is 1. The number of likely N-dealkylation sites (tertiary alicyclic amines) is 1. The van der Waals surface area contributed by atoms with E-state index >= 15 is 0 Å². The van der Waals surface area contributed by atoms with Gasteiger partial charge in [0.15, 0.2) is 0 Å². The smallest absolute Gasteiger partial charge is 0.338 e. The van der Waals surface area contributed by atoms with Crippen LogP contribution in [0.1, 0.15) is 18.4 Å². The van der Waals surface area contributed by atoms with E-state index in [-0.39, 0.29) is 5.63 Å². The molecule has 1 aliphatic rings. The highest BCUT2D eigenvalue weighted by atomic mass is 79.9. The molecule has 1 N–H and O–H groups in total. The molecule has 0 amide bonds. The normalized spacial score (nSPS) is 16.0. The third-order valence-corrected chi connectivity index (χ3v) is 5.62. The monoisotopic (exact) mass is 438 g/mol. The molecule has 1 aromatic heterocycles. The van der Waals surface area contributed by atoms with Crippen molar-refractivity contribution in [2.75, 3.05) is 25.0 Å². The van der Waals surface area contributed by atoms with Gasteiger partial charge in [-0.3, -0.25) is 4.90 Å². The molecule has 3 aromatic rings. The van der Waals surface area contributed by atoms with E-state index in [0.29, 0.717) is 11.6 Å². The Labute approximate surface area is 173 Å². The standard InChI is InChI=1S/C23H23BrN2O2/c24-18-8-9-22-20(15-18)21(16-23(27)28-22)25-19-10-13-26(14-11-19)12-4-7-17-5-2-1-3-6-17/h1-9,15-16,19,25H,10-14H2/b7-4+. The highest BCUT2D eigenvalue weighted by Crippen LogP contribution is 2.27. The van der Waals surface area contributed by atoms with Gasteiger partial charge in [0.25, 0.3) is 0 Å². The Hall–Kier alpha value is -2.37. The fourth-order valence-electron chi connectivity index (χ4n) is 3.64. The topological polar surface area (TPSA) is 45.5 Å². The fraction of sp³-hybridized carbons (Fsp3) is 0.261. The lowest BCUT2D eigenvalue weighted by atomic mass is 10.0. The van der Waals surface area contributed by atoms with Crippen LogP contribution in [0.5, 0.6) is 0 Å². The molecule has 1 aliphatic heterocycles. The number of nitrogens with zero attached hydrogens (tertiary/aromatic N) is 1. The minimum atomic E-state index is -0.319. The minimum absolute atomic E-state index is 0.319. The van der Waals surface area contributed by atoms with Gasteiger partial charge in [0, 0.05) is 41.6 Å². The molecule has 2 aromatic carbocycles. The summed E-state index contributed by atoms with van der Waals surface area (Å²) in [5.41, 5.74) is 2.39. The molecule has 0 unspecified atom stereocenters. The van der Waals surface area contributed by atoms with Crippen molar-refractivity contribution >= 4 is 38.7 Å². The van der Waals surface area contributed by atoms with Gasteiger partial charge in [-0.1, -0.05) is 58.4 Å². The van der Waals surface area contributed by atoms with Gasteiger partial charge in [-0.15, -0.1) is 0 Å². The van der Waals surface area contributed by atoms with E-state index in [1.165, 1.54) is 5.56 Å². The molecule has 4 rings (SSSR count). The highest BCUT2D eigenvalue weighted by molar-refractivity contribution is 9.10. The number of halogens is 1. The SMILES string of the molecule is O=c1cc(NC2CCN(C/C=C/c3ccccc3)CC2)c2cc(Br)ccc2o1. The molecule has 4 nitrogen and oxygen atoms in total. The summed E-state index contributed by atoms with van der Waals surface area (Å²) in [7, 11) is 0. The fourth-order valence-corrected chi connectivity index (χ4v) is 4.00. The van der Waals surface area contributed by atoms with Crippen LogP contribution in [0.15, 0.2) is 74.4 Å². The first-order valence-electron chi connectivity index (χ1n) is 9.61. The van der Waals surface area contributed by atoms with Crippen molar-refractivity contribution in [1.29, 1.82) is 0 Å². The second-order valence-corrected chi connectivity index (χ2v) is 8.07.